The van der Waals surface area contributed by atoms with Crippen LogP contribution in [0.3, 0.4) is 0 Å². The molecule has 0 aromatic carbocycles. The second-order valence-corrected chi connectivity index (χ2v) is 11.9. The minimum Gasteiger partial charge on any atom is -0.394 e. The van der Waals surface area contributed by atoms with Crippen molar-refractivity contribution in [1.82, 2.24) is 5.32 Å². The van der Waals surface area contributed by atoms with Gasteiger partial charge >= 0.3 is 0 Å². The van der Waals surface area contributed by atoms with Gasteiger partial charge in [0.1, 0.15) is 0 Å². The molecule has 0 aromatic heterocycles. The first-order valence-electron chi connectivity index (χ1n) is 18.0. The highest BCUT2D eigenvalue weighted by atomic mass is 16.3. The first-order chi connectivity index (χ1) is 21.2. The first-order valence-corrected chi connectivity index (χ1v) is 18.0. The summed E-state index contributed by atoms with van der Waals surface area (Å²) in [6.45, 7) is 4.15. The van der Waals surface area contributed by atoms with Gasteiger partial charge in [0.2, 0.25) is 5.91 Å². The lowest BCUT2D eigenvalue weighted by atomic mass is 10.1. The second kappa shape index (κ2) is 34.6. The van der Waals surface area contributed by atoms with Crippen molar-refractivity contribution in [2.75, 3.05) is 6.61 Å². The highest BCUT2D eigenvalue weighted by molar-refractivity contribution is 5.76. The number of allylic oxidation sites excluding steroid dienone is 9. The molecule has 1 amide bonds. The van der Waals surface area contributed by atoms with Crippen LogP contribution in [0.15, 0.2) is 60.8 Å². The van der Waals surface area contributed by atoms with Crippen molar-refractivity contribution in [3.05, 3.63) is 60.8 Å². The minimum atomic E-state index is -0.869. The van der Waals surface area contributed by atoms with Crippen LogP contribution < -0.4 is 5.32 Å². The lowest BCUT2D eigenvalue weighted by Crippen LogP contribution is -2.45. The molecule has 4 nitrogen and oxygen atoms in total. The van der Waals surface area contributed by atoms with E-state index in [0.29, 0.717) is 6.42 Å². The molecule has 0 radical (unpaired) electrons. The van der Waals surface area contributed by atoms with E-state index >= 15 is 0 Å². The Kier molecular flexibility index (Phi) is 33.0. The Morgan fingerprint density at radius 1 is 0.581 bits per heavy atom. The molecule has 248 valence electrons. The van der Waals surface area contributed by atoms with Crippen LogP contribution in [0.2, 0.25) is 0 Å². The molecule has 4 heteroatoms. The van der Waals surface area contributed by atoms with Gasteiger partial charge in [-0.15, -0.1) is 0 Å². The molecule has 0 aliphatic heterocycles. The Bertz CT molecular complexity index is 737. The highest BCUT2D eigenvalue weighted by Crippen LogP contribution is 2.12. The third kappa shape index (κ3) is 31.3. The van der Waals surface area contributed by atoms with Gasteiger partial charge in [-0.25, -0.2) is 0 Å². The lowest BCUT2D eigenvalue weighted by molar-refractivity contribution is -0.123. The van der Waals surface area contributed by atoms with Crippen molar-refractivity contribution in [1.29, 1.82) is 0 Å². The van der Waals surface area contributed by atoms with E-state index in [9.17, 15) is 15.0 Å². The van der Waals surface area contributed by atoms with Crippen LogP contribution in [-0.4, -0.2) is 34.9 Å². The number of hydrogen-bond donors (Lipinski definition) is 3. The number of aliphatic hydroxyl groups is 2. The van der Waals surface area contributed by atoms with E-state index < -0.39 is 12.1 Å². The predicted molar refractivity (Wildman–Crippen MR) is 188 cm³/mol. The van der Waals surface area contributed by atoms with Crippen LogP contribution >= 0.6 is 0 Å². The van der Waals surface area contributed by atoms with Crippen molar-refractivity contribution in [3.8, 4) is 0 Å². The molecule has 0 spiro atoms. The Balaban J connectivity index is 3.74. The van der Waals surface area contributed by atoms with Crippen LogP contribution in [0.1, 0.15) is 162 Å². The summed E-state index contributed by atoms with van der Waals surface area (Å²) in [6.07, 6.45) is 47.3. The van der Waals surface area contributed by atoms with E-state index in [-0.39, 0.29) is 12.5 Å². The summed E-state index contributed by atoms with van der Waals surface area (Å²) >= 11 is 0. The zero-order chi connectivity index (χ0) is 31.5. The van der Waals surface area contributed by atoms with Crippen LogP contribution in [0.5, 0.6) is 0 Å². The molecule has 2 atom stereocenters. The SMILES string of the molecule is CC/C=C\C/C=C\C/C=C\CCCCCCCC(=O)NC(CO)C(O)/C=C/CC/C=C/CCCCCCCCCCCC. The molecule has 3 N–H and O–H groups in total. The predicted octanol–water partition coefficient (Wildman–Crippen LogP) is 10.6. The van der Waals surface area contributed by atoms with Crippen molar-refractivity contribution >= 4 is 5.91 Å². The maximum Gasteiger partial charge on any atom is 0.220 e. The highest BCUT2D eigenvalue weighted by Gasteiger charge is 2.17. The number of rotatable bonds is 31. The number of hydrogen-bond acceptors (Lipinski definition) is 3. The first kappa shape index (κ1) is 41.1. The molecule has 0 heterocycles. The number of carbonyl (C=O) groups is 1. The maximum atomic E-state index is 12.3. The average molecular weight is 600 g/mol. The lowest BCUT2D eigenvalue weighted by Gasteiger charge is -2.19. The number of aliphatic hydroxyl groups excluding tert-OH is 2. The zero-order valence-electron chi connectivity index (χ0n) is 28.2. The summed E-state index contributed by atoms with van der Waals surface area (Å²) in [7, 11) is 0. The summed E-state index contributed by atoms with van der Waals surface area (Å²) in [6, 6.07) is -0.648. The Hall–Kier alpha value is -1.91. The maximum absolute atomic E-state index is 12.3. The van der Waals surface area contributed by atoms with Gasteiger partial charge in [-0.3, -0.25) is 4.79 Å². The summed E-state index contributed by atoms with van der Waals surface area (Å²) in [5, 5.41) is 22.8. The molecule has 0 saturated carbocycles. The van der Waals surface area contributed by atoms with Gasteiger partial charge in [0.15, 0.2) is 0 Å². The fourth-order valence-electron chi connectivity index (χ4n) is 4.97. The summed E-state index contributed by atoms with van der Waals surface area (Å²) < 4.78 is 0. The van der Waals surface area contributed by atoms with Crippen molar-refractivity contribution in [2.24, 2.45) is 0 Å². The Morgan fingerprint density at radius 3 is 1.63 bits per heavy atom. The van der Waals surface area contributed by atoms with Gasteiger partial charge in [-0.2, -0.15) is 0 Å². The Morgan fingerprint density at radius 2 is 1.05 bits per heavy atom. The fourth-order valence-corrected chi connectivity index (χ4v) is 4.97. The van der Waals surface area contributed by atoms with Gasteiger partial charge in [0.05, 0.1) is 18.8 Å². The Labute approximate surface area is 266 Å². The number of nitrogens with one attached hydrogen (secondary N) is 1. The van der Waals surface area contributed by atoms with E-state index in [1.807, 2.05) is 6.08 Å². The standard InChI is InChI=1S/C39H69NO3/c1-3-5-7-9-11-13-15-17-19-21-22-24-26-28-30-32-34-38(42)37(36-41)40-39(43)35-33-31-29-27-25-23-20-18-16-14-12-10-8-6-4-2/h6,8,12,14,18,20,24,26,32,34,37-38,41-42H,3-5,7,9-11,13,15-17,19,21-23,25,27-31,33,35-36H2,1-2H3,(H,40,43)/b8-6-,14-12-,20-18-,26-24+,34-32+. The summed E-state index contributed by atoms with van der Waals surface area (Å²) in [4.78, 5) is 12.3. The largest absolute Gasteiger partial charge is 0.394 e. The summed E-state index contributed by atoms with van der Waals surface area (Å²) in [5.74, 6) is -0.0948. The molecule has 0 rings (SSSR count). The van der Waals surface area contributed by atoms with Gasteiger partial charge in [0.25, 0.3) is 0 Å². The molecule has 2 unspecified atom stereocenters. The van der Waals surface area contributed by atoms with Crippen LogP contribution in [0, 0.1) is 0 Å². The fraction of sp³-hybridized carbons (Fsp3) is 0.718. The molecule has 0 fully saturated rings. The van der Waals surface area contributed by atoms with Crippen molar-refractivity contribution in [2.45, 2.75) is 174 Å². The molecule has 43 heavy (non-hydrogen) atoms. The third-order valence-corrected chi connectivity index (χ3v) is 7.73. The quantitative estimate of drug-likeness (QED) is 0.0548. The second-order valence-electron chi connectivity index (χ2n) is 11.9. The molecule has 0 saturated heterocycles. The smallest absolute Gasteiger partial charge is 0.220 e. The van der Waals surface area contributed by atoms with Crippen LogP contribution in [-0.2, 0) is 4.79 Å². The van der Waals surface area contributed by atoms with Crippen molar-refractivity contribution in [3.63, 3.8) is 0 Å². The van der Waals surface area contributed by atoms with Crippen molar-refractivity contribution < 1.29 is 15.0 Å². The van der Waals surface area contributed by atoms with Gasteiger partial charge in [-0.05, 0) is 64.2 Å². The van der Waals surface area contributed by atoms with E-state index in [2.05, 4.69) is 67.8 Å². The number of carbonyl (C=O) groups excluding carboxylic acids is 1. The van der Waals surface area contributed by atoms with Gasteiger partial charge < -0.3 is 15.5 Å². The molecular weight excluding hydrogens is 530 g/mol. The average Bonchev–Trinajstić information content (AvgIpc) is 3.01. The van der Waals surface area contributed by atoms with Crippen LogP contribution in [0.25, 0.3) is 0 Å². The van der Waals surface area contributed by atoms with E-state index in [1.165, 1.54) is 77.0 Å². The topological polar surface area (TPSA) is 69.6 Å². The zero-order valence-corrected chi connectivity index (χ0v) is 28.2. The minimum absolute atomic E-state index is 0.0948. The number of unbranched alkanes of at least 4 members (excludes halogenated alkanes) is 16. The van der Waals surface area contributed by atoms with Gasteiger partial charge in [-0.1, -0.05) is 152 Å². The van der Waals surface area contributed by atoms with E-state index in [1.54, 1.807) is 6.08 Å². The number of amides is 1. The van der Waals surface area contributed by atoms with E-state index in [0.717, 1.165) is 64.2 Å². The molecule has 0 aliphatic rings. The molecule has 0 aromatic rings. The molecule has 0 aliphatic carbocycles. The van der Waals surface area contributed by atoms with E-state index in [4.69, 9.17) is 0 Å². The summed E-state index contributed by atoms with van der Waals surface area (Å²) in [5.41, 5.74) is 0. The van der Waals surface area contributed by atoms with Crippen LogP contribution in [0.4, 0.5) is 0 Å². The molecule has 0 bridgehead atoms. The molecular formula is C39H69NO3. The van der Waals surface area contributed by atoms with Gasteiger partial charge in [0, 0.05) is 6.42 Å². The normalized spacial score (nSPS) is 13.9. The third-order valence-electron chi connectivity index (χ3n) is 7.73. The monoisotopic (exact) mass is 600 g/mol.